The number of hydrogen-bond donors (Lipinski definition) is 1. The summed E-state index contributed by atoms with van der Waals surface area (Å²) < 4.78 is 5.85. The maximum atomic E-state index is 5.85. The molecule has 0 aromatic rings. The number of nitrogens with one attached hydrogen (secondary N) is 1. The van der Waals surface area contributed by atoms with Crippen LogP contribution in [0.3, 0.4) is 0 Å². The zero-order chi connectivity index (χ0) is 14.8. The van der Waals surface area contributed by atoms with Gasteiger partial charge in [-0.25, -0.2) is 0 Å². The van der Waals surface area contributed by atoms with E-state index in [2.05, 4.69) is 31.0 Å². The second kappa shape index (κ2) is 6.97. The van der Waals surface area contributed by atoms with Gasteiger partial charge < -0.3 is 15.0 Å². The van der Waals surface area contributed by atoms with Crippen molar-refractivity contribution in [3.8, 4) is 0 Å². The van der Waals surface area contributed by atoms with E-state index in [1.807, 2.05) is 0 Å². The number of likely N-dealkylation sites (tertiary alicyclic amines) is 1. The lowest BCUT2D eigenvalue weighted by Crippen LogP contribution is -2.59. The normalized spacial score (nSPS) is 40.9. The molecule has 2 heterocycles. The summed E-state index contributed by atoms with van der Waals surface area (Å²) >= 11 is 0. The monoisotopic (exact) mass is 294 g/mol. The maximum absolute atomic E-state index is 5.85. The summed E-state index contributed by atoms with van der Waals surface area (Å²) in [4.78, 5) is 2.71. The zero-order valence-electron chi connectivity index (χ0n) is 14.2. The number of piperidine rings is 1. The molecule has 122 valence electrons. The summed E-state index contributed by atoms with van der Waals surface area (Å²) in [7, 11) is 0. The highest BCUT2D eigenvalue weighted by Crippen LogP contribution is 2.36. The van der Waals surface area contributed by atoms with Crippen molar-refractivity contribution >= 4 is 0 Å². The first-order valence-electron chi connectivity index (χ1n) is 9.28. The molecular formula is C18H34N2O. The van der Waals surface area contributed by atoms with Gasteiger partial charge in [-0.15, -0.1) is 0 Å². The van der Waals surface area contributed by atoms with E-state index in [1.54, 1.807) is 0 Å². The van der Waals surface area contributed by atoms with Crippen molar-refractivity contribution in [3.63, 3.8) is 0 Å². The van der Waals surface area contributed by atoms with E-state index in [0.717, 1.165) is 30.4 Å². The van der Waals surface area contributed by atoms with Gasteiger partial charge in [-0.1, -0.05) is 13.3 Å². The van der Waals surface area contributed by atoms with Gasteiger partial charge in [0, 0.05) is 38.3 Å². The fraction of sp³-hybridized carbons (Fsp3) is 1.00. The van der Waals surface area contributed by atoms with Crippen LogP contribution < -0.4 is 5.32 Å². The van der Waals surface area contributed by atoms with Gasteiger partial charge in [-0.3, -0.25) is 0 Å². The Morgan fingerprint density at radius 1 is 1.14 bits per heavy atom. The molecule has 1 saturated carbocycles. The smallest absolute Gasteiger partial charge is 0.0613 e. The largest absolute Gasteiger partial charge is 0.378 e. The van der Waals surface area contributed by atoms with Gasteiger partial charge >= 0.3 is 0 Å². The zero-order valence-corrected chi connectivity index (χ0v) is 14.2. The van der Waals surface area contributed by atoms with Crippen LogP contribution in [0, 0.1) is 17.8 Å². The Balaban J connectivity index is 1.55. The van der Waals surface area contributed by atoms with Gasteiger partial charge in [0.15, 0.2) is 0 Å². The summed E-state index contributed by atoms with van der Waals surface area (Å²) in [5.74, 6) is 2.50. The van der Waals surface area contributed by atoms with Crippen molar-refractivity contribution < 1.29 is 4.74 Å². The van der Waals surface area contributed by atoms with Crippen LogP contribution >= 0.6 is 0 Å². The molecule has 4 atom stereocenters. The molecule has 3 fully saturated rings. The fourth-order valence-electron chi connectivity index (χ4n) is 4.89. The fourth-order valence-corrected chi connectivity index (χ4v) is 4.89. The van der Waals surface area contributed by atoms with E-state index in [-0.39, 0.29) is 0 Å². The third-order valence-electron chi connectivity index (χ3n) is 6.20. The van der Waals surface area contributed by atoms with Crippen molar-refractivity contribution in [2.45, 2.75) is 71.1 Å². The highest BCUT2D eigenvalue weighted by Gasteiger charge is 2.40. The molecule has 3 aliphatic rings. The summed E-state index contributed by atoms with van der Waals surface area (Å²) in [6.07, 6.45) is 7.24. The summed E-state index contributed by atoms with van der Waals surface area (Å²) in [5.41, 5.74) is 0. The third kappa shape index (κ3) is 3.46. The summed E-state index contributed by atoms with van der Waals surface area (Å²) in [6, 6.07) is 1.48. The minimum absolute atomic E-state index is 0.507. The molecular weight excluding hydrogens is 260 g/mol. The first-order valence-corrected chi connectivity index (χ1v) is 9.28. The highest BCUT2D eigenvalue weighted by atomic mass is 16.5. The van der Waals surface area contributed by atoms with Crippen LogP contribution in [0.1, 0.15) is 52.9 Å². The predicted molar refractivity (Wildman–Crippen MR) is 87.5 cm³/mol. The molecule has 21 heavy (non-hydrogen) atoms. The van der Waals surface area contributed by atoms with E-state index >= 15 is 0 Å². The average molecular weight is 294 g/mol. The molecule has 0 amide bonds. The Kier molecular flexibility index (Phi) is 5.23. The molecule has 2 bridgehead atoms. The van der Waals surface area contributed by atoms with Gasteiger partial charge in [0.2, 0.25) is 0 Å². The minimum Gasteiger partial charge on any atom is -0.378 e. The molecule has 0 spiro atoms. The van der Waals surface area contributed by atoms with Crippen LogP contribution in [0.5, 0.6) is 0 Å². The standard InChI is InChI=1S/C18H34N2O/c1-4-17-14(8-9-21-17)10-19-18-15-6-5-7-16(18)12-20(11-15)13(2)3/h13-19H,4-12H2,1-3H3. The number of nitrogens with zero attached hydrogens (tertiary/aromatic N) is 1. The molecule has 2 aliphatic heterocycles. The molecule has 1 N–H and O–H groups in total. The minimum atomic E-state index is 0.507. The van der Waals surface area contributed by atoms with Gasteiger partial charge in [0.25, 0.3) is 0 Å². The molecule has 3 nitrogen and oxygen atoms in total. The predicted octanol–water partition coefficient (Wildman–Crippen LogP) is 2.90. The van der Waals surface area contributed by atoms with Gasteiger partial charge in [-0.2, -0.15) is 0 Å². The molecule has 0 radical (unpaired) electrons. The maximum Gasteiger partial charge on any atom is 0.0613 e. The second-order valence-corrected chi connectivity index (χ2v) is 7.80. The third-order valence-corrected chi connectivity index (χ3v) is 6.20. The first-order chi connectivity index (χ1) is 10.2. The van der Waals surface area contributed by atoms with Gasteiger partial charge in [-0.05, 0) is 57.3 Å². The molecule has 1 aliphatic carbocycles. The van der Waals surface area contributed by atoms with Crippen molar-refractivity contribution in [1.29, 1.82) is 0 Å². The van der Waals surface area contributed by atoms with Crippen LogP contribution in [0.4, 0.5) is 0 Å². The quantitative estimate of drug-likeness (QED) is 0.844. The number of ether oxygens (including phenoxy) is 1. The topological polar surface area (TPSA) is 24.5 Å². The molecule has 0 aromatic carbocycles. The molecule has 0 aromatic heterocycles. The van der Waals surface area contributed by atoms with Crippen LogP contribution in [0.25, 0.3) is 0 Å². The Labute approximate surface area is 130 Å². The SMILES string of the molecule is CCC1OCCC1CNC1C2CCCC1CN(C(C)C)C2. The van der Waals surface area contributed by atoms with E-state index in [1.165, 1.54) is 51.7 Å². The van der Waals surface area contributed by atoms with Crippen molar-refractivity contribution in [2.24, 2.45) is 17.8 Å². The summed E-state index contributed by atoms with van der Waals surface area (Å²) in [5, 5.41) is 3.98. The highest BCUT2D eigenvalue weighted by molar-refractivity contribution is 4.96. The summed E-state index contributed by atoms with van der Waals surface area (Å²) in [6.45, 7) is 11.7. The number of rotatable bonds is 5. The van der Waals surface area contributed by atoms with E-state index in [4.69, 9.17) is 4.74 Å². The lowest BCUT2D eigenvalue weighted by Gasteiger charge is -2.49. The second-order valence-electron chi connectivity index (χ2n) is 7.80. The van der Waals surface area contributed by atoms with E-state index in [9.17, 15) is 0 Å². The van der Waals surface area contributed by atoms with Crippen LogP contribution in [-0.4, -0.2) is 49.3 Å². The number of hydrogen-bond acceptors (Lipinski definition) is 3. The molecule has 4 unspecified atom stereocenters. The van der Waals surface area contributed by atoms with Crippen LogP contribution in [0.15, 0.2) is 0 Å². The van der Waals surface area contributed by atoms with Crippen molar-refractivity contribution in [2.75, 3.05) is 26.2 Å². The van der Waals surface area contributed by atoms with Gasteiger partial charge in [0.05, 0.1) is 6.10 Å². The molecule has 2 saturated heterocycles. The lowest BCUT2D eigenvalue weighted by molar-refractivity contribution is 0.0252. The van der Waals surface area contributed by atoms with Crippen LogP contribution in [0.2, 0.25) is 0 Å². The first kappa shape index (κ1) is 15.8. The van der Waals surface area contributed by atoms with Crippen molar-refractivity contribution in [1.82, 2.24) is 10.2 Å². The van der Waals surface area contributed by atoms with E-state index in [0.29, 0.717) is 12.1 Å². The lowest BCUT2D eigenvalue weighted by atomic mass is 9.73. The number of fused-ring (bicyclic) bond motifs is 2. The Morgan fingerprint density at radius 3 is 2.48 bits per heavy atom. The Morgan fingerprint density at radius 2 is 1.86 bits per heavy atom. The van der Waals surface area contributed by atoms with Crippen molar-refractivity contribution in [3.05, 3.63) is 0 Å². The Bertz CT molecular complexity index is 319. The molecule has 3 rings (SSSR count). The van der Waals surface area contributed by atoms with E-state index < -0.39 is 0 Å². The average Bonchev–Trinajstić information content (AvgIpc) is 2.91. The molecule has 3 heteroatoms. The van der Waals surface area contributed by atoms with Gasteiger partial charge in [0.1, 0.15) is 0 Å². The Hall–Kier alpha value is -0.120. The van der Waals surface area contributed by atoms with Crippen LogP contribution in [-0.2, 0) is 4.74 Å².